The summed E-state index contributed by atoms with van der Waals surface area (Å²) in [5.74, 6) is 0.114. The number of nitrogens with zero attached hydrogens (tertiary/aromatic N) is 2. The predicted octanol–water partition coefficient (Wildman–Crippen LogP) is 5.44. The Morgan fingerprint density at radius 2 is 2.00 bits per heavy atom. The fourth-order valence-corrected chi connectivity index (χ4v) is 3.28. The van der Waals surface area contributed by atoms with Crippen molar-refractivity contribution in [2.24, 2.45) is 5.10 Å². The molecule has 0 bridgehead atoms. The predicted molar refractivity (Wildman–Crippen MR) is 122 cm³/mol. The zero-order chi connectivity index (χ0) is 22.7. The molecule has 8 nitrogen and oxygen atoms in total. The Kier molecular flexibility index (Phi) is 5.85. The Morgan fingerprint density at radius 1 is 1.19 bits per heavy atom. The highest BCUT2D eigenvalue weighted by atomic mass is 16.6. The molecule has 1 heterocycles. The average Bonchev–Trinajstić information content (AvgIpc) is 3.23. The third-order valence-electron chi connectivity index (χ3n) is 5.13. The highest BCUT2D eigenvalue weighted by Crippen LogP contribution is 2.28. The molecule has 1 amide bonds. The normalized spacial score (nSPS) is 12.3. The maximum Gasteiger partial charge on any atom is 0.307 e. The van der Waals surface area contributed by atoms with E-state index >= 15 is 0 Å². The van der Waals surface area contributed by atoms with Crippen LogP contribution in [0.2, 0.25) is 0 Å². The zero-order valence-corrected chi connectivity index (χ0v) is 17.6. The zero-order valence-electron chi connectivity index (χ0n) is 17.6. The first-order valence-electron chi connectivity index (χ1n) is 10.2. The van der Waals surface area contributed by atoms with E-state index in [1.54, 1.807) is 6.21 Å². The van der Waals surface area contributed by atoms with Gasteiger partial charge in [0.2, 0.25) is 0 Å². The number of hydrazone groups is 1. The van der Waals surface area contributed by atoms with Gasteiger partial charge in [-0.2, -0.15) is 5.10 Å². The molecule has 32 heavy (non-hydrogen) atoms. The van der Waals surface area contributed by atoms with Crippen molar-refractivity contribution in [2.75, 3.05) is 0 Å². The molecule has 0 spiro atoms. The van der Waals surface area contributed by atoms with E-state index in [-0.39, 0.29) is 17.6 Å². The van der Waals surface area contributed by atoms with Crippen molar-refractivity contribution in [3.8, 4) is 5.75 Å². The molecule has 0 saturated carbocycles. The number of carbonyl (C=O) groups excluding carboxylic acids is 1. The fraction of sp³-hybridized carbons (Fsp3) is 0.167. The third-order valence-corrected chi connectivity index (χ3v) is 5.13. The number of rotatable bonds is 7. The van der Waals surface area contributed by atoms with Gasteiger partial charge >= 0.3 is 5.91 Å². The highest BCUT2D eigenvalue weighted by molar-refractivity contribution is 6.03. The Morgan fingerprint density at radius 3 is 2.78 bits per heavy atom. The van der Waals surface area contributed by atoms with Crippen molar-refractivity contribution in [3.63, 3.8) is 0 Å². The molecule has 0 unspecified atom stereocenters. The van der Waals surface area contributed by atoms with E-state index in [1.807, 2.05) is 50.2 Å². The largest absolute Gasteiger partial charge is 0.490 e. The van der Waals surface area contributed by atoms with Crippen LogP contribution in [-0.4, -0.2) is 23.1 Å². The minimum Gasteiger partial charge on any atom is -0.490 e. The number of hydrogen-bond donors (Lipinski definition) is 1. The van der Waals surface area contributed by atoms with Crippen molar-refractivity contribution in [1.29, 1.82) is 0 Å². The number of carbonyl (C=O) groups is 1. The molecule has 4 rings (SSSR count). The summed E-state index contributed by atoms with van der Waals surface area (Å²) in [6.45, 7) is 4.03. The molecular formula is C24H21N3O5. The Hall–Kier alpha value is -4.20. The van der Waals surface area contributed by atoms with Crippen LogP contribution in [0.25, 0.3) is 21.7 Å². The van der Waals surface area contributed by atoms with Crippen LogP contribution in [0.4, 0.5) is 5.69 Å². The molecule has 1 aromatic heterocycles. The molecule has 0 radical (unpaired) electrons. The lowest BCUT2D eigenvalue weighted by atomic mass is 10.0. The Balaban J connectivity index is 1.59. The lowest BCUT2D eigenvalue weighted by molar-refractivity contribution is -0.384. The van der Waals surface area contributed by atoms with Crippen molar-refractivity contribution in [1.82, 2.24) is 5.43 Å². The second-order valence-electron chi connectivity index (χ2n) is 7.32. The molecule has 0 fully saturated rings. The third kappa shape index (κ3) is 4.29. The number of non-ortho nitro benzene ring substituents is 1. The van der Waals surface area contributed by atoms with Gasteiger partial charge in [-0.15, -0.1) is 0 Å². The summed E-state index contributed by atoms with van der Waals surface area (Å²) in [7, 11) is 0. The molecule has 162 valence electrons. The Bertz CT molecular complexity index is 1340. The summed E-state index contributed by atoms with van der Waals surface area (Å²) < 4.78 is 11.5. The molecule has 3 aromatic carbocycles. The Labute approximate surface area is 183 Å². The van der Waals surface area contributed by atoms with Crippen molar-refractivity contribution >= 4 is 39.6 Å². The quantitative estimate of drug-likeness (QED) is 0.238. The monoisotopic (exact) mass is 431 g/mol. The number of nitro benzene ring substituents is 1. The lowest BCUT2D eigenvalue weighted by Crippen LogP contribution is -2.17. The van der Waals surface area contributed by atoms with Gasteiger partial charge in [0.1, 0.15) is 11.3 Å². The number of hydrogen-bond acceptors (Lipinski definition) is 6. The van der Waals surface area contributed by atoms with Gasteiger partial charge in [-0.25, -0.2) is 5.43 Å². The summed E-state index contributed by atoms with van der Waals surface area (Å²) in [4.78, 5) is 22.9. The van der Waals surface area contributed by atoms with Gasteiger partial charge in [0, 0.05) is 23.1 Å². The molecule has 0 saturated heterocycles. The summed E-state index contributed by atoms with van der Waals surface area (Å²) in [6, 6.07) is 17.3. The van der Waals surface area contributed by atoms with E-state index < -0.39 is 10.8 Å². The minimum absolute atomic E-state index is 0.00615. The van der Waals surface area contributed by atoms with Crippen molar-refractivity contribution < 1.29 is 18.9 Å². The second kappa shape index (κ2) is 8.89. The van der Waals surface area contributed by atoms with Gasteiger partial charge in [0.05, 0.1) is 17.2 Å². The molecule has 0 aliphatic rings. The summed E-state index contributed by atoms with van der Waals surface area (Å²) >= 11 is 0. The van der Waals surface area contributed by atoms with Gasteiger partial charge in [0.25, 0.3) is 5.69 Å². The van der Waals surface area contributed by atoms with Gasteiger partial charge in [0.15, 0.2) is 5.76 Å². The van der Waals surface area contributed by atoms with E-state index in [1.165, 1.54) is 24.3 Å². The lowest BCUT2D eigenvalue weighted by Gasteiger charge is -2.16. The van der Waals surface area contributed by atoms with Gasteiger partial charge in [-0.3, -0.25) is 14.9 Å². The maximum atomic E-state index is 12.5. The number of nitro groups is 1. The van der Waals surface area contributed by atoms with E-state index in [4.69, 9.17) is 9.15 Å². The maximum absolute atomic E-state index is 12.5. The summed E-state index contributed by atoms with van der Waals surface area (Å²) in [5.41, 5.74) is 3.51. The molecule has 8 heteroatoms. The second-order valence-corrected chi connectivity index (χ2v) is 7.32. The average molecular weight is 431 g/mol. The first-order chi connectivity index (χ1) is 15.5. The smallest absolute Gasteiger partial charge is 0.307 e. The summed E-state index contributed by atoms with van der Waals surface area (Å²) in [5, 5.41) is 17.5. The van der Waals surface area contributed by atoms with Crippen molar-refractivity contribution in [2.45, 2.75) is 26.4 Å². The number of amides is 1. The topological polar surface area (TPSA) is 107 Å². The molecule has 0 aliphatic heterocycles. The number of ether oxygens (including phenoxy) is 1. The van der Waals surface area contributed by atoms with E-state index in [2.05, 4.69) is 10.5 Å². The molecule has 4 aromatic rings. The minimum atomic E-state index is -0.565. The number of nitrogens with one attached hydrogen (secondary N) is 1. The molecule has 1 atom stereocenters. The highest BCUT2D eigenvalue weighted by Gasteiger charge is 2.15. The SMILES string of the molecule is CC[C@@H](C)Oc1ccc2ccccc2c1/C=N\NC(=O)c1cc2cc([N+](=O)[O-])ccc2o1. The van der Waals surface area contributed by atoms with Crippen LogP contribution in [0.5, 0.6) is 5.75 Å². The van der Waals surface area contributed by atoms with Crippen LogP contribution >= 0.6 is 0 Å². The van der Waals surface area contributed by atoms with Crippen LogP contribution in [0.3, 0.4) is 0 Å². The van der Waals surface area contributed by atoms with E-state index in [9.17, 15) is 14.9 Å². The molecule has 0 aliphatic carbocycles. The van der Waals surface area contributed by atoms with Crippen LogP contribution in [-0.2, 0) is 0 Å². The van der Waals surface area contributed by atoms with Crippen molar-refractivity contribution in [3.05, 3.63) is 82.1 Å². The van der Waals surface area contributed by atoms with Crippen LogP contribution in [0.1, 0.15) is 36.4 Å². The van der Waals surface area contributed by atoms with Gasteiger partial charge in [-0.05, 0) is 42.3 Å². The molecule has 1 N–H and O–H groups in total. The number of benzene rings is 3. The first kappa shape index (κ1) is 21.0. The van der Waals surface area contributed by atoms with Crippen LogP contribution < -0.4 is 10.2 Å². The first-order valence-corrected chi connectivity index (χ1v) is 10.2. The van der Waals surface area contributed by atoms with E-state index in [0.717, 1.165) is 22.8 Å². The molecular weight excluding hydrogens is 410 g/mol. The van der Waals surface area contributed by atoms with Crippen LogP contribution in [0.15, 0.2) is 70.2 Å². The van der Waals surface area contributed by atoms with E-state index in [0.29, 0.717) is 16.7 Å². The standard InChI is InChI=1S/C24H21N3O5/c1-3-15(2)31-22-10-8-16-6-4-5-7-19(16)20(22)14-25-26-24(28)23-13-17-12-18(27(29)30)9-11-21(17)32-23/h4-15H,3H2,1-2H3,(H,26,28)/b25-14-/t15-/m1/s1. The van der Waals surface area contributed by atoms with Gasteiger partial charge in [-0.1, -0.05) is 37.3 Å². The van der Waals surface area contributed by atoms with Crippen LogP contribution in [0, 0.1) is 10.1 Å². The number of fused-ring (bicyclic) bond motifs is 2. The fourth-order valence-electron chi connectivity index (χ4n) is 3.28. The van der Waals surface area contributed by atoms with Gasteiger partial charge < -0.3 is 9.15 Å². The number of furan rings is 1. The summed E-state index contributed by atoms with van der Waals surface area (Å²) in [6.07, 6.45) is 2.42.